The Kier molecular flexibility index (Phi) is 10.1. The maximum Gasteiger partial charge on any atom is 0.326 e. The molecule has 1 saturated heterocycles. The molecule has 1 aliphatic rings. The molecule has 12 heteroatoms. The molecule has 4 rings (SSSR count). The number of nitrogens with zero attached hydrogens (tertiary/aromatic N) is 1. The molecular weight excluding hydrogens is 564 g/mol. The summed E-state index contributed by atoms with van der Waals surface area (Å²) in [6.45, 7) is 2.42. The second-order valence-electron chi connectivity index (χ2n) is 10.3. The van der Waals surface area contributed by atoms with Gasteiger partial charge >= 0.3 is 5.97 Å². The number of aromatic nitrogens is 1. The molecule has 3 aromatic rings. The van der Waals surface area contributed by atoms with Crippen molar-refractivity contribution >= 4 is 50.5 Å². The number of aliphatic carboxylic acids is 1. The molecule has 41 heavy (non-hydrogen) atoms. The number of benzene rings is 2. The first-order chi connectivity index (χ1) is 19.6. The van der Waals surface area contributed by atoms with Gasteiger partial charge in [-0.15, -0.1) is 0 Å². The normalized spacial score (nSPS) is 15.9. The molecule has 0 aliphatic carbocycles. The molecular formula is C29H36N4O6S2. The highest BCUT2D eigenvalue weighted by Crippen LogP contribution is 2.22. The Bertz CT molecular complexity index is 1480. The molecule has 0 radical (unpaired) electrons. The van der Waals surface area contributed by atoms with E-state index < -0.39 is 34.0 Å². The van der Waals surface area contributed by atoms with Gasteiger partial charge in [0.05, 0.1) is 4.90 Å². The number of hydrogen-bond acceptors (Lipinski definition) is 6. The Balaban J connectivity index is 1.36. The molecule has 10 nitrogen and oxygen atoms in total. The van der Waals surface area contributed by atoms with E-state index >= 15 is 0 Å². The van der Waals surface area contributed by atoms with Crippen molar-refractivity contribution in [2.45, 2.75) is 49.6 Å². The molecule has 2 amide bonds. The van der Waals surface area contributed by atoms with E-state index in [1.165, 1.54) is 23.9 Å². The molecule has 0 bridgehead atoms. The van der Waals surface area contributed by atoms with Crippen LogP contribution in [0.4, 0.5) is 0 Å². The van der Waals surface area contributed by atoms with Crippen LogP contribution in [0.3, 0.4) is 0 Å². The number of carboxylic acid groups (broad SMARTS) is 1. The van der Waals surface area contributed by atoms with Crippen LogP contribution < -0.4 is 10.0 Å². The van der Waals surface area contributed by atoms with Gasteiger partial charge in [-0.2, -0.15) is 16.5 Å². The molecule has 2 atom stereocenters. The van der Waals surface area contributed by atoms with Crippen molar-refractivity contribution in [1.82, 2.24) is 19.9 Å². The highest BCUT2D eigenvalue weighted by atomic mass is 32.2. The van der Waals surface area contributed by atoms with Crippen LogP contribution in [0.2, 0.25) is 0 Å². The van der Waals surface area contributed by atoms with Crippen LogP contribution >= 0.6 is 11.8 Å². The Hall–Kier alpha value is -3.35. The number of para-hydroxylation sites is 1. The summed E-state index contributed by atoms with van der Waals surface area (Å²) in [6, 6.07) is 12.0. The zero-order valence-corrected chi connectivity index (χ0v) is 24.8. The lowest BCUT2D eigenvalue weighted by Gasteiger charge is -2.34. The number of thioether (sulfide) groups is 1. The van der Waals surface area contributed by atoms with Crippen molar-refractivity contribution in [3.05, 3.63) is 65.9 Å². The standard InChI is InChI=1S/C29H36N4O6S2/c1-19-7-9-22(10-8-19)41(38,39)32-25(13-16-40-2)28(35)33-14-11-20(12-15-33)27(34)31-26(29(36)37)17-21-18-30-24-6-4-3-5-23(21)24/h3-10,18,20,25-26,30,32H,11-17H2,1-2H3,(H,31,34)(H,36,37)/t25-,26-/m0/s1. The summed E-state index contributed by atoms with van der Waals surface area (Å²) in [4.78, 5) is 43.2. The topological polar surface area (TPSA) is 149 Å². The van der Waals surface area contributed by atoms with E-state index in [0.29, 0.717) is 25.0 Å². The summed E-state index contributed by atoms with van der Waals surface area (Å²) in [5.74, 6) is -1.65. The lowest BCUT2D eigenvalue weighted by atomic mass is 9.94. The largest absolute Gasteiger partial charge is 0.480 e. The minimum absolute atomic E-state index is 0.0982. The number of carbonyl (C=O) groups excluding carboxylic acids is 2. The summed E-state index contributed by atoms with van der Waals surface area (Å²) < 4.78 is 28.6. The first kappa shape index (κ1) is 30.6. The number of aryl methyl sites for hydroxylation is 1. The van der Waals surface area contributed by atoms with Crippen molar-refractivity contribution in [2.75, 3.05) is 25.1 Å². The highest BCUT2D eigenvalue weighted by Gasteiger charge is 2.34. The molecule has 2 aromatic carbocycles. The van der Waals surface area contributed by atoms with Gasteiger partial charge in [0.2, 0.25) is 21.8 Å². The van der Waals surface area contributed by atoms with E-state index in [4.69, 9.17) is 0 Å². The number of sulfonamides is 1. The fourth-order valence-corrected chi connectivity index (χ4v) is 6.73. The number of nitrogens with one attached hydrogen (secondary N) is 3. The van der Waals surface area contributed by atoms with Crippen LogP contribution in [0.15, 0.2) is 59.6 Å². The number of aromatic amines is 1. The Morgan fingerprint density at radius 2 is 1.76 bits per heavy atom. The average molecular weight is 601 g/mol. The lowest BCUT2D eigenvalue weighted by molar-refractivity contribution is -0.143. The molecule has 1 aromatic heterocycles. The monoisotopic (exact) mass is 600 g/mol. The number of likely N-dealkylation sites (tertiary alicyclic amines) is 1. The van der Waals surface area contributed by atoms with Crippen LogP contribution in [-0.2, 0) is 30.8 Å². The van der Waals surface area contributed by atoms with Gasteiger partial charge in [-0.3, -0.25) is 9.59 Å². The van der Waals surface area contributed by atoms with Crippen LogP contribution in [0.5, 0.6) is 0 Å². The molecule has 2 heterocycles. The average Bonchev–Trinajstić information content (AvgIpc) is 3.37. The summed E-state index contributed by atoms with van der Waals surface area (Å²) in [5.41, 5.74) is 2.63. The molecule has 0 spiro atoms. The van der Waals surface area contributed by atoms with E-state index in [2.05, 4.69) is 15.0 Å². The van der Waals surface area contributed by atoms with Gasteiger partial charge in [0.25, 0.3) is 0 Å². The minimum atomic E-state index is -3.90. The first-order valence-electron chi connectivity index (χ1n) is 13.5. The third-order valence-electron chi connectivity index (χ3n) is 7.43. The third-order valence-corrected chi connectivity index (χ3v) is 9.56. The van der Waals surface area contributed by atoms with Gasteiger partial charge in [0, 0.05) is 42.5 Å². The molecule has 0 saturated carbocycles. The summed E-state index contributed by atoms with van der Waals surface area (Å²) >= 11 is 1.52. The van der Waals surface area contributed by atoms with Crippen LogP contribution in [-0.4, -0.2) is 78.4 Å². The third kappa shape index (κ3) is 7.69. The number of piperidine rings is 1. The van der Waals surface area contributed by atoms with Crippen molar-refractivity contribution in [3.8, 4) is 0 Å². The van der Waals surface area contributed by atoms with Crippen LogP contribution in [0.25, 0.3) is 10.9 Å². The number of fused-ring (bicyclic) bond motifs is 1. The maximum atomic E-state index is 13.4. The second-order valence-corrected chi connectivity index (χ2v) is 13.0. The fourth-order valence-electron chi connectivity index (χ4n) is 5.03. The molecule has 220 valence electrons. The van der Waals surface area contributed by atoms with E-state index in [-0.39, 0.29) is 36.2 Å². The van der Waals surface area contributed by atoms with Gasteiger partial charge in [-0.05, 0) is 62.0 Å². The molecule has 1 aliphatic heterocycles. The van der Waals surface area contributed by atoms with Crippen LogP contribution in [0, 0.1) is 12.8 Å². The predicted molar refractivity (Wildman–Crippen MR) is 159 cm³/mol. The number of rotatable bonds is 12. The van der Waals surface area contributed by atoms with E-state index in [1.807, 2.05) is 37.4 Å². The first-order valence-corrected chi connectivity index (χ1v) is 16.4. The zero-order valence-electron chi connectivity index (χ0n) is 23.1. The number of H-pyrrole nitrogens is 1. The predicted octanol–water partition coefficient (Wildman–Crippen LogP) is 2.93. The number of amides is 2. The van der Waals surface area contributed by atoms with Gasteiger partial charge < -0.3 is 20.3 Å². The quantitative estimate of drug-likeness (QED) is 0.250. The Labute approximate surface area is 244 Å². The zero-order chi connectivity index (χ0) is 29.6. The van der Waals surface area contributed by atoms with Crippen molar-refractivity contribution in [1.29, 1.82) is 0 Å². The summed E-state index contributed by atoms with van der Waals surface area (Å²) in [5, 5.41) is 13.4. The van der Waals surface area contributed by atoms with Gasteiger partial charge in [-0.1, -0.05) is 35.9 Å². The van der Waals surface area contributed by atoms with E-state index in [9.17, 15) is 27.9 Å². The van der Waals surface area contributed by atoms with Gasteiger partial charge in [0.15, 0.2) is 0 Å². The fraction of sp³-hybridized carbons (Fsp3) is 0.414. The van der Waals surface area contributed by atoms with E-state index in [1.54, 1.807) is 23.2 Å². The molecule has 0 unspecified atom stereocenters. The van der Waals surface area contributed by atoms with E-state index in [0.717, 1.165) is 22.0 Å². The Morgan fingerprint density at radius 3 is 2.41 bits per heavy atom. The SMILES string of the molecule is CSCC[C@H](NS(=O)(=O)c1ccc(C)cc1)C(=O)N1CCC(C(=O)N[C@@H](Cc2c[nH]c3ccccc23)C(=O)O)CC1. The number of hydrogen-bond donors (Lipinski definition) is 4. The second kappa shape index (κ2) is 13.5. The maximum absolute atomic E-state index is 13.4. The van der Waals surface area contributed by atoms with Crippen molar-refractivity contribution in [2.24, 2.45) is 5.92 Å². The summed E-state index contributed by atoms with van der Waals surface area (Å²) in [7, 11) is -3.90. The van der Waals surface area contributed by atoms with Crippen molar-refractivity contribution < 1.29 is 27.9 Å². The van der Waals surface area contributed by atoms with Crippen LogP contribution in [0.1, 0.15) is 30.4 Å². The minimum Gasteiger partial charge on any atom is -0.480 e. The number of carboxylic acids is 1. The highest BCUT2D eigenvalue weighted by molar-refractivity contribution is 7.98. The Morgan fingerprint density at radius 1 is 1.07 bits per heavy atom. The van der Waals surface area contributed by atoms with Gasteiger partial charge in [0.1, 0.15) is 12.1 Å². The van der Waals surface area contributed by atoms with Crippen molar-refractivity contribution in [3.63, 3.8) is 0 Å². The molecule has 1 fully saturated rings. The number of carbonyl (C=O) groups is 3. The lowest BCUT2D eigenvalue weighted by Crippen LogP contribution is -2.52. The van der Waals surface area contributed by atoms with Gasteiger partial charge in [-0.25, -0.2) is 13.2 Å². The smallest absolute Gasteiger partial charge is 0.326 e. The molecule has 4 N–H and O–H groups in total. The summed E-state index contributed by atoms with van der Waals surface area (Å²) in [6.07, 6.45) is 4.84.